The minimum Gasteiger partial charge on any atom is -0.508 e. The molecule has 2 heteroatoms. The molecule has 1 atom stereocenters. The predicted octanol–water partition coefficient (Wildman–Crippen LogP) is 7.19. The van der Waals surface area contributed by atoms with Crippen molar-refractivity contribution in [1.82, 2.24) is 0 Å². The van der Waals surface area contributed by atoms with Crippen LogP contribution < -0.4 is 0 Å². The molecular weight excluding hydrogens is 383 g/mol. The third kappa shape index (κ3) is 7.15. The van der Waals surface area contributed by atoms with Gasteiger partial charge in [0.1, 0.15) is 5.75 Å². The highest BCUT2D eigenvalue weighted by Crippen LogP contribution is 2.26. The highest BCUT2D eigenvalue weighted by atomic mass is 31.0. The first-order chi connectivity index (χ1) is 14.5. The first kappa shape index (κ1) is 23.9. The van der Waals surface area contributed by atoms with Crippen molar-refractivity contribution in [2.45, 2.75) is 47.0 Å². The zero-order chi connectivity index (χ0) is 21.9. The topological polar surface area (TPSA) is 20.2 Å². The lowest BCUT2D eigenvalue weighted by Crippen LogP contribution is -2.00. The fourth-order valence-corrected chi connectivity index (χ4v) is 3.92. The fraction of sp³-hybridized carbons (Fsp3) is 0.286. The monoisotopic (exact) mass is 418 g/mol. The normalized spacial score (nSPS) is 10.7. The van der Waals surface area contributed by atoms with Crippen molar-refractivity contribution in [2.75, 3.05) is 6.16 Å². The molecule has 0 saturated carbocycles. The van der Waals surface area contributed by atoms with E-state index in [4.69, 9.17) is 0 Å². The van der Waals surface area contributed by atoms with Gasteiger partial charge in [0.25, 0.3) is 0 Å². The van der Waals surface area contributed by atoms with Crippen LogP contribution in [0.5, 0.6) is 5.75 Å². The number of hydrogen-bond acceptors (Lipinski definition) is 1. The minimum atomic E-state index is 0.377. The Morgan fingerprint density at radius 1 is 0.767 bits per heavy atom. The van der Waals surface area contributed by atoms with E-state index < -0.39 is 0 Å². The van der Waals surface area contributed by atoms with Crippen LogP contribution in [-0.4, -0.2) is 11.3 Å². The van der Waals surface area contributed by atoms with Crippen LogP contribution in [0.1, 0.15) is 52.8 Å². The van der Waals surface area contributed by atoms with Gasteiger partial charge >= 0.3 is 0 Å². The number of aryl methyl sites for hydroxylation is 3. The van der Waals surface area contributed by atoms with Crippen LogP contribution in [0.2, 0.25) is 0 Å². The molecule has 0 bridgehead atoms. The molecule has 0 aliphatic rings. The molecule has 0 radical (unpaired) electrons. The largest absolute Gasteiger partial charge is 0.508 e. The van der Waals surface area contributed by atoms with Gasteiger partial charge in [-0.1, -0.05) is 66.7 Å². The number of phenols is 1. The number of hydrogen-bond donors (Lipinski definition) is 1. The average molecular weight is 419 g/mol. The Kier molecular flexibility index (Phi) is 9.84. The Morgan fingerprint density at radius 3 is 1.97 bits per heavy atom. The van der Waals surface area contributed by atoms with Gasteiger partial charge in [-0.25, -0.2) is 0 Å². The van der Waals surface area contributed by atoms with E-state index in [2.05, 4.69) is 53.4 Å². The lowest BCUT2D eigenvalue weighted by molar-refractivity contribution is 0.469. The highest BCUT2D eigenvalue weighted by Gasteiger charge is 2.09. The summed E-state index contributed by atoms with van der Waals surface area (Å²) in [5, 5.41) is 10.3. The van der Waals surface area contributed by atoms with Crippen LogP contribution in [0.3, 0.4) is 0 Å². The molecule has 0 aliphatic heterocycles. The maximum atomic E-state index is 10.3. The Bertz CT molecular complexity index is 931. The van der Waals surface area contributed by atoms with E-state index in [0.717, 1.165) is 31.0 Å². The molecule has 0 aliphatic carbocycles. The molecule has 0 amide bonds. The first-order valence-corrected chi connectivity index (χ1v) is 11.5. The van der Waals surface area contributed by atoms with E-state index in [1.807, 2.05) is 56.3 Å². The Labute approximate surface area is 185 Å². The Balaban J connectivity index is 0.000000735. The SMILES string of the molecule is CC=CC.Cc1cc(CCP)cc(C)c1Cc1ccc(O)c(Cc2ccccc2)c1. The molecule has 3 rings (SSSR count). The lowest BCUT2D eigenvalue weighted by Gasteiger charge is -2.14. The van der Waals surface area contributed by atoms with E-state index in [1.54, 1.807) is 0 Å². The number of phenolic OH excluding ortho intramolecular Hbond substituents is 1. The second kappa shape index (κ2) is 12.4. The second-order valence-corrected chi connectivity index (χ2v) is 8.29. The molecule has 158 valence electrons. The summed E-state index contributed by atoms with van der Waals surface area (Å²) in [4.78, 5) is 0. The number of allylic oxidation sites excluding steroid dienone is 2. The van der Waals surface area contributed by atoms with Crippen LogP contribution in [0.25, 0.3) is 0 Å². The summed E-state index contributed by atoms with van der Waals surface area (Å²) in [6, 6.07) is 21.0. The third-order valence-electron chi connectivity index (χ3n) is 5.28. The zero-order valence-electron chi connectivity index (χ0n) is 18.8. The smallest absolute Gasteiger partial charge is 0.119 e. The van der Waals surface area contributed by atoms with Crippen molar-refractivity contribution in [3.05, 3.63) is 112 Å². The summed E-state index contributed by atoms with van der Waals surface area (Å²) in [5.74, 6) is 0.377. The molecule has 1 N–H and O–H groups in total. The van der Waals surface area contributed by atoms with Crippen molar-refractivity contribution < 1.29 is 5.11 Å². The van der Waals surface area contributed by atoms with Crippen molar-refractivity contribution >= 4 is 9.24 Å². The van der Waals surface area contributed by atoms with Gasteiger partial charge in [-0.15, -0.1) is 9.24 Å². The fourth-order valence-electron chi connectivity index (χ4n) is 3.58. The van der Waals surface area contributed by atoms with Crippen molar-refractivity contribution in [2.24, 2.45) is 0 Å². The standard InChI is InChI=1S/C24H27OP.C4H8/c1-17-12-21(10-11-26)13-18(2)23(17)16-20-8-9-24(25)22(15-20)14-19-6-4-3-5-7-19;1-3-4-2/h3-9,12-13,15,25H,10-11,14,16,26H2,1-2H3;3-4H,1-2H3. The molecule has 1 unspecified atom stereocenters. The summed E-state index contributed by atoms with van der Waals surface area (Å²) >= 11 is 0. The maximum Gasteiger partial charge on any atom is 0.119 e. The molecule has 3 aromatic carbocycles. The molecule has 3 aromatic rings. The van der Waals surface area contributed by atoms with Gasteiger partial charge < -0.3 is 5.11 Å². The second-order valence-electron chi connectivity index (χ2n) is 7.72. The van der Waals surface area contributed by atoms with Gasteiger partial charge in [0.2, 0.25) is 0 Å². The Morgan fingerprint density at radius 2 is 1.40 bits per heavy atom. The zero-order valence-corrected chi connectivity index (χ0v) is 19.9. The maximum absolute atomic E-state index is 10.3. The van der Waals surface area contributed by atoms with Gasteiger partial charge in [-0.05, 0) is 91.7 Å². The average Bonchev–Trinajstić information content (AvgIpc) is 2.74. The third-order valence-corrected chi connectivity index (χ3v) is 5.57. The van der Waals surface area contributed by atoms with Crippen LogP contribution in [0.4, 0.5) is 0 Å². The summed E-state index contributed by atoms with van der Waals surface area (Å²) in [5.41, 5.74) is 8.98. The van der Waals surface area contributed by atoms with E-state index in [-0.39, 0.29) is 0 Å². The van der Waals surface area contributed by atoms with Gasteiger partial charge in [0, 0.05) is 6.42 Å². The summed E-state index contributed by atoms with van der Waals surface area (Å²) < 4.78 is 0. The molecule has 0 fully saturated rings. The van der Waals surface area contributed by atoms with Gasteiger partial charge in [-0.3, -0.25) is 0 Å². The van der Waals surface area contributed by atoms with Crippen LogP contribution >= 0.6 is 9.24 Å². The molecule has 0 spiro atoms. The molecule has 0 heterocycles. The van der Waals surface area contributed by atoms with Crippen LogP contribution in [-0.2, 0) is 19.3 Å². The number of aromatic hydroxyl groups is 1. The quantitative estimate of drug-likeness (QED) is 0.332. The van der Waals surface area contributed by atoms with E-state index in [0.29, 0.717) is 5.75 Å². The highest BCUT2D eigenvalue weighted by molar-refractivity contribution is 7.16. The van der Waals surface area contributed by atoms with Gasteiger partial charge in [-0.2, -0.15) is 0 Å². The summed E-state index contributed by atoms with van der Waals surface area (Å²) in [6.07, 6.45) is 7.86. The van der Waals surface area contributed by atoms with Crippen LogP contribution in [0, 0.1) is 13.8 Å². The van der Waals surface area contributed by atoms with Crippen molar-refractivity contribution in [3.8, 4) is 5.75 Å². The van der Waals surface area contributed by atoms with Gasteiger partial charge in [0.05, 0.1) is 0 Å². The number of benzene rings is 3. The molecule has 30 heavy (non-hydrogen) atoms. The van der Waals surface area contributed by atoms with E-state index >= 15 is 0 Å². The Hall–Kier alpha value is -2.37. The van der Waals surface area contributed by atoms with E-state index in [9.17, 15) is 5.11 Å². The van der Waals surface area contributed by atoms with Crippen molar-refractivity contribution in [3.63, 3.8) is 0 Å². The predicted molar refractivity (Wildman–Crippen MR) is 135 cm³/mol. The molecule has 1 nitrogen and oxygen atoms in total. The van der Waals surface area contributed by atoms with Gasteiger partial charge in [0.15, 0.2) is 0 Å². The summed E-state index contributed by atoms with van der Waals surface area (Å²) in [7, 11) is 2.80. The number of rotatable bonds is 6. The summed E-state index contributed by atoms with van der Waals surface area (Å²) in [6.45, 7) is 8.42. The first-order valence-electron chi connectivity index (χ1n) is 10.7. The lowest BCUT2D eigenvalue weighted by atomic mass is 9.92. The molecular formula is C28H35OP. The molecule has 0 saturated heterocycles. The van der Waals surface area contributed by atoms with Crippen molar-refractivity contribution in [1.29, 1.82) is 0 Å². The minimum absolute atomic E-state index is 0.377. The molecule has 0 aromatic heterocycles. The van der Waals surface area contributed by atoms with E-state index in [1.165, 1.54) is 33.4 Å². The van der Waals surface area contributed by atoms with Crippen LogP contribution in [0.15, 0.2) is 72.8 Å².